The number of benzene rings is 1. The van der Waals surface area contributed by atoms with Gasteiger partial charge in [-0.15, -0.1) is 0 Å². The van der Waals surface area contributed by atoms with Gasteiger partial charge in [-0.2, -0.15) is 0 Å². The quantitative estimate of drug-likeness (QED) is 0.893. The van der Waals surface area contributed by atoms with Crippen LogP contribution in [-0.4, -0.2) is 18.5 Å². The largest absolute Gasteiger partial charge is 0.349 e. The fourth-order valence-corrected chi connectivity index (χ4v) is 2.72. The predicted molar refractivity (Wildman–Crippen MR) is 73.6 cm³/mol. The Balaban J connectivity index is 1.92. The van der Waals surface area contributed by atoms with Crippen LogP contribution in [0.15, 0.2) is 18.2 Å². The lowest BCUT2D eigenvalue weighted by Gasteiger charge is -2.17. The third-order valence-corrected chi connectivity index (χ3v) is 3.73. The van der Waals surface area contributed by atoms with Crippen molar-refractivity contribution in [2.75, 3.05) is 6.54 Å². The normalized spacial score (nSPS) is 20.3. The van der Waals surface area contributed by atoms with Gasteiger partial charge >= 0.3 is 0 Å². The van der Waals surface area contributed by atoms with Crippen molar-refractivity contribution in [1.29, 1.82) is 0 Å². The summed E-state index contributed by atoms with van der Waals surface area (Å²) >= 11 is 5.97. The van der Waals surface area contributed by atoms with E-state index in [-0.39, 0.29) is 23.8 Å². The van der Waals surface area contributed by atoms with Gasteiger partial charge in [0.1, 0.15) is 5.82 Å². The van der Waals surface area contributed by atoms with E-state index in [1.165, 1.54) is 12.1 Å². The summed E-state index contributed by atoms with van der Waals surface area (Å²) in [6.07, 6.45) is 2.64. The van der Waals surface area contributed by atoms with E-state index in [9.17, 15) is 9.18 Å². The summed E-state index contributed by atoms with van der Waals surface area (Å²) < 4.78 is 13.0. The number of halogens is 2. The molecule has 1 fully saturated rings. The highest BCUT2D eigenvalue weighted by atomic mass is 35.5. The zero-order chi connectivity index (χ0) is 13.8. The zero-order valence-corrected chi connectivity index (χ0v) is 11.6. The zero-order valence-electron chi connectivity index (χ0n) is 10.9. The fraction of sp³-hybridized carbons (Fsp3) is 0.500. The maximum atomic E-state index is 13.0. The second-order valence-electron chi connectivity index (χ2n) is 4.95. The number of amides is 1. The van der Waals surface area contributed by atoms with Gasteiger partial charge in [-0.25, -0.2) is 4.39 Å². The molecule has 0 radical (unpaired) electrons. The molecule has 5 heteroatoms. The van der Waals surface area contributed by atoms with Crippen LogP contribution in [0.1, 0.15) is 37.8 Å². The Hall–Kier alpha value is -1.13. The highest BCUT2D eigenvalue weighted by Crippen LogP contribution is 2.23. The van der Waals surface area contributed by atoms with Crippen LogP contribution in [0.2, 0.25) is 5.02 Å². The monoisotopic (exact) mass is 284 g/mol. The molecule has 0 aromatic heterocycles. The second kappa shape index (κ2) is 6.35. The van der Waals surface area contributed by atoms with Crippen molar-refractivity contribution in [1.82, 2.24) is 10.6 Å². The van der Waals surface area contributed by atoms with Crippen LogP contribution in [0.25, 0.3) is 0 Å². The lowest BCUT2D eigenvalue weighted by Crippen LogP contribution is -2.33. The van der Waals surface area contributed by atoms with Crippen LogP contribution in [0.3, 0.4) is 0 Å². The van der Waals surface area contributed by atoms with Crippen molar-refractivity contribution in [3.8, 4) is 0 Å². The summed E-state index contributed by atoms with van der Waals surface area (Å²) in [4.78, 5) is 11.9. The maximum absolute atomic E-state index is 13.0. The number of carbonyl (C=O) groups is 1. The summed E-state index contributed by atoms with van der Waals surface area (Å²) in [7, 11) is 0. The van der Waals surface area contributed by atoms with Gasteiger partial charge in [0.05, 0.1) is 6.04 Å². The predicted octanol–water partition coefficient (Wildman–Crippen LogP) is 2.80. The Bertz CT molecular complexity index is 461. The third kappa shape index (κ3) is 3.91. The molecular formula is C14H18ClFN2O. The second-order valence-corrected chi connectivity index (χ2v) is 5.36. The molecule has 1 aliphatic heterocycles. The van der Waals surface area contributed by atoms with Crippen molar-refractivity contribution in [3.05, 3.63) is 34.6 Å². The first-order valence-electron chi connectivity index (χ1n) is 6.54. The Labute approximate surface area is 117 Å². The van der Waals surface area contributed by atoms with E-state index < -0.39 is 0 Å². The van der Waals surface area contributed by atoms with Gasteiger partial charge in [-0.05, 0) is 44.0 Å². The van der Waals surface area contributed by atoms with E-state index in [1.807, 2.05) is 6.92 Å². The molecule has 104 valence electrons. The minimum atomic E-state index is -0.373. The molecule has 1 aromatic rings. The Morgan fingerprint density at radius 2 is 2.42 bits per heavy atom. The molecule has 1 heterocycles. The van der Waals surface area contributed by atoms with Crippen molar-refractivity contribution >= 4 is 17.5 Å². The highest BCUT2D eigenvalue weighted by molar-refractivity contribution is 6.31. The molecule has 0 bridgehead atoms. The molecule has 1 amide bonds. The van der Waals surface area contributed by atoms with Crippen LogP contribution < -0.4 is 10.6 Å². The van der Waals surface area contributed by atoms with E-state index in [2.05, 4.69) is 10.6 Å². The van der Waals surface area contributed by atoms with Gasteiger partial charge in [0, 0.05) is 17.5 Å². The van der Waals surface area contributed by atoms with Crippen LogP contribution in [0.5, 0.6) is 0 Å². The molecule has 0 aliphatic carbocycles. The lowest BCUT2D eigenvalue weighted by atomic mass is 10.1. The minimum absolute atomic E-state index is 0.00714. The van der Waals surface area contributed by atoms with Crippen LogP contribution >= 0.6 is 11.6 Å². The smallest absolute Gasteiger partial charge is 0.222 e. The van der Waals surface area contributed by atoms with E-state index in [0.29, 0.717) is 11.4 Å². The van der Waals surface area contributed by atoms with E-state index >= 15 is 0 Å². The first-order valence-corrected chi connectivity index (χ1v) is 6.92. The third-order valence-electron chi connectivity index (χ3n) is 3.40. The van der Waals surface area contributed by atoms with Gasteiger partial charge in [-0.1, -0.05) is 17.7 Å². The minimum Gasteiger partial charge on any atom is -0.349 e. The van der Waals surface area contributed by atoms with E-state index in [1.54, 1.807) is 6.07 Å². The molecule has 19 heavy (non-hydrogen) atoms. The summed E-state index contributed by atoms with van der Waals surface area (Å²) in [5.74, 6) is -0.380. The number of hydrogen-bond acceptors (Lipinski definition) is 2. The van der Waals surface area contributed by atoms with E-state index in [0.717, 1.165) is 24.9 Å². The molecule has 2 rings (SSSR count). The van der Waals surface area contributed by atoms with E-state index in [4.69, 9.17) is 11.6 Å². The topological polar surface area (TPSA) is 41.1 Å². The summed E-state index contributed by atoms with van der Waals surface area (Å²) in [6, 6.07) is 4.27. The van der Waals surface area contributed by atoms with Gasteiger partial charge < -0.3 is 10.6 Å². The molecule has 2 unspecified atom stereocenters. The van der Waals surface area contributed by atoms with Gasteiger partial charge in [0.15, 0.2) is 0 Å². The molecule has 1 aromatic carbocycles. The Kier molecular flexibility index (Phi) is 4.77. The number of hydrogen-bond donors (Lipinski definition) is 2. The van der Waals surface area contributed by atoms with Crippen molar-refractivity contribution < 1.29 is 9.18 Å². The number of nitrogens with one attached hydrogen (secondary N) is 2. The summed E-state index contributed by atoms with van der Waals surface area (Å²) in [5.41, 5.74) is 0.732. The standard InChI is InChI=1S/C14H18ClFN2O/c1-9(12-5-4-10(16)7-13(12)15)18-14(19)8-11-3-2-6-17-11/h4-5,7,9,11,17H,2-3,6,8H2,1H3,(H,18,19). The molecular weight excluding hydrogens is 267 g/mol. The van der Waals surface area contributed by atoms with Crippen LogP contribution in [0.4, 0.5) is 4.39 Å². The molecule has 1 aliphatic rings. The maximum Gasteiger partial charge on any atom is 0.222 e. The van der Waals surface area contributed by atoms with Crippen molar-refractivity contribution in [2.45, 2.75) is 38.3 Å². The molecule has 3 nitrogen and oxygen atoms in total. The number of rotatable bonds is 4. The summed E-state index contributed by atoms with van der Waals surface area (Å²) in [6.45, 7) is 2.83. The average Bonchev–Trinajstić information content (AvgIpc) is 2.81. The van der Waals surface area contributed by atoms with Gasteiger partial charge in [0.2, 0.25) is 5.91 Å². The Morgan fingerprint density at radius 1 is 1.63 bits per heavy atom. The molecule has 0 spiro atoms. The fourth-order valence-electron chi connectivity index (χ4n) is 2.39. The first kappa shape index (κ1) is 14.3. The number of carbonyl (C=O) groups excluding carboxylic acids is 1. The first-order chi connectivity index (χ1) is 9.06. The van der Waals surface area contributed by atoms with Crippen molar-refractivity contribution in [2.24, 2.45) is 0 Å². The van der Waals surface area contributed by atoms with Crippen LogP contribution in [0, 0.1) is 5.82 Å². The average molecular weight is 285 g/mol. The molecule has 2 atom stereocenters. The molecule has 0 saturated carbocycles. The summed E-state index contributed by atoms with van der Waals surface area (Å²) in [5, 5.41) is 6.52. The van der Waals surface area contributed by atoms with Crippen LogP contribution in [-0.2, 0) is 4.79 Å². The molecule has 2 N–H and O–H groups in total. The van der Waals surface area contributed by atoms with Crippen molar-refractivity contribution in [3.63, 3.8) is 0 Å². The SMILES string of the molecule is CC(NC(=O)CC1CCCN1)c1ccc(F)cc1Cl. The highest BCUT2D eigenvalue weighted by Gasteiger charge is 2.19. The van der Waals surface area contributed by atoms with Gasteiger partial charge in [0.25, 0.3) is 0 Å². The lowest BCUT2D eigenvalue weighted by molar-refractivity contribution is -0.122. The molecule has 1 saturated heterocycles. The Morgan fingerprint density at radius 3 is 3.05 bits per heavy atom. The van der Waals surface area contributed by atoms with Gasteiger partial charge in [-0.3, -0.25) is 4.79 Å².